The molecule has 0 unspecified atom stereocenters. The van der Waals surface area contributed by atoms with Gasteiger partial charge in [0.25, 0.3) is 0 Å². The Morgan fingerprint density at radius 3 is 2.76 bits per heavy atom. The molecular weight excluding hydrogens is 525 g/mol. The fraction of sp³-hybridized carbons (Fsp3) is 0.105. The van der Waals surface area contributed by atoms with Crippen molar-refractivity contribution in [3.05, 3.63) is 57.8 Å². The number of nitrogens with one attached hydrogen (secondary N) is 1. The normalized spacial score (nSPS) is 10.9. The number of hydrogen-bond acceptors (Lipinski definition) is 6. The Hall–Kier alpha value is -2.32. The van der Waals surface area contributed by atoms with Crippen LogP contribution in [0, 0.1) is 6.92 Å². The number of rotatable bonds is 4. The predicted octanol–water partition coefficient (Wildman–Crippen LogP) is 4.13. The molecule has 29 heavy (non-hydrogen) atoms. The van der Waals surface area contributed by atoms with Crippen molar-refractivity contribution in [3.8, 4) is 16.9 Å². The summed E-state index contributed by atoms with van der Waals surface area (Å²) in [6.07, 6.45) is 4.76. The molecule has 0 bridgehead atoms. The van der Waals surface area contributed by atoms with Crippen molar-refractivity contribution in [2.75, 3.05) is 12.4 Å². The molecule has 0 saturated carbocycles. The molecule has 4 rings (SSSR count). The number of methoxy groups -OCH3 is 1. The Morgan fingerprint density at radius 2 is 1.97 bits per heavy atom. The van der Waals surface area contributed by atoms with Gasteiger partial charge in [-0.3, -0.25) is 0 Å². The number of aromatic nitrogens is 4. The van der Waals surface area contributed by atoms with Gasteiger partial charge in [-0.05, 0) is 0 Å². The standard InChI is InChI=1S/C19H13BrClN5O2Se/c1-9-3-10(11-4-17(21)24-8-14(11)28-2)12(6-22-9)18(27)26-19-25-13-7-23-16(20)5-15(13)29-19/h3-8H,1-2H3,(H,25,26,27). The molecule has 0 saturated heterocycles. The van der Waals surface area contributed by atoms with Crippen LogP contribution in [0.3, 0.4) is 0 Å². The molecule has 146 valence electrons. The molecule has 0 aromatic carbocycles. The molecule has 0 aliphatic rings. The van der Waals surface area contributed by atoms with Crippen LogP contribution in [0.4, 0.5) is 4.69 Å². The van der Waals surface area contributed by atoms with Gasteiger partial charge in [0.15, 0.2) is 0 Å². The maximum absolute atomic E-state index is 13.1. The summed E-state index contributed by atoms with van der Waals surface area (Å²) in [4.78, 5) is 30.1. The van der Waals surface area contributed by atoms with Crippen molar-refractivity contribution in [3.63, 3.8) is 0 Å². The fourth-order valence-corrected chi connectivity index (χ4v) is 5.43. The van der Waals surface area contributed by atoms with Gasteiger partial charge < -0.3 is 0 Å². The van der Waals surface area contributed by atoms with Gasteiger partial charge in [-0.1, -0.05) is 0 Å². The zero-order valence-corrected chi connectivity index (χ0v) is 19.3. The van der Waals surface area contributed by atoms with E-state index in [-0.39, 0.29) is 20.4 Å². The van der Waals surface area contributed by atoms with E-state index in [4.69, 9.17) is 16.3 Å². The van der Waals surface area contributed by atoms with Gasteiger partial charge in [0.1, 0.15) is 0 Å². The average molecular weight is 538 g/mol. The minimum absolute atomic E-state index is 0.119. The van der Waals surface area contributed by atoms with E-state index in [1.165, 1.54) is 6.20 Å². The first kappa shape index (κ1) is 20.0. The molecule has 4 aromatic rings. The Kier molecular flexibility index (Phi) is 5.65. The van der Waals surface area contributed by atoms with E-state index in [9.17, 15) is 4.79 Å². The van der Waals surface area contributed by atoms with Crippen LogP contribution in [0.2, 0.25) is 5.15 Å². The van der Waals surface area contributed by atoms with Crippen LogP contribution in [0.5, 0.6) is 5.75 Å². The molecule has 7 nitrogen and oxygen atoms in total. The average Bonchev–Trinajstić information content (AvgIpc) is 3.09. The molecule has 0 aliphatic heterocycles. The number of halogens is 2. The first-order valence-corrected chi connectivity index (χ1v) is 11.2. The van der Waals surface area contributed by atoms with E-state index in [0.29, 0.717) is 32.3 Å². The van der Waals surface area contributed by atoms with Crippen LogP contribution < -0.4 is 10.1 Å². The first-order chi connectivity index (χ1) is 13.9. The van der Waals surface area contributed by atoms with Gasteiger partial charge in [-0.15, -0.1) is 0 Å². The van der Waals surface area contributed by atoms with E-state index in [1.807, 2.05) is 19.1 Å². The number of ether oxygens (including phenoxy) is 1. The zero-order chi connectivity index (χ0) is 20.5. The maximum atomic E-state index is 13.1. The second-order valence-electron chi connectivity index (χ2n) is 6.03. The van der Waals surface area contributed by atoms with Gasteiger partial charge in [-0.2, -0.15) is 0 Å². The van der Waals surface area contributed by atoms with Gasteiger partial charge in [0.2, 0.25) is 0 Å². The van der Waals surface area contributed by atoms with Crippen LogP contribution >= 0.6 is 27.5 Å². The zero-order valence-electron chi connectivity index (χ0n) is 15.2. The number of carbonyl (C=O) groups is 1. The second-order valence-corrected chi connectivity index (χ2v) is 9.39. The van der Waals surface area contributed by atoms with Crippen LogP contribution in [0.15, 0.2) is 41.4 Å². The van der Waals surface area contributed by atoms with Crippen LogP contribution in [0.25, 0.3) is 20.9 Å². The fourth-order valence-electron chi connectivity index (χ4n) is 2.78. The molecule has 10 heteroatoms. The van der Waals surface area contributed by atoms with Gasteiger partial charge >= 0.3 is 186 Å². The molecule has 0 radical (unpaired) electrons. The molecule has 0 atom stereocenters. The van der Waals surface area contributed by atoms with Crippen molar-refractivity contribution in [2.45, 2.75) is 6.92 Å². The number of aryl methyl sites for hydroxylation is 1. The molecule has 0 spiro atoms. The Balaban J connectivity index is 1.75. The summed E-state index contributed by atoms with van der Waals surface area (Å²) in [6, 6.07) is 5.41. The van der Waals surface area contributed by atoms with Crippen LogP contribution in [-0.2, 0) is 0 Å². The van der Waals surface area contributed by atoms with Crippen molar-refractivity contribution in [1.82, 2.24) is 19.9 Å². The third-order valence-corrected chi connectivity index (χ3v) is 6.69. The van der Waals surface area contributed by atoms with Crippen LogP contribution in [0.1, 0.15) is 16.1 Å². The van der Waals surface area contributed by atoms with E-state index in [0.717, 1.165) is 20.1 Å². The SMILES string of the molecule is COc1cnc(Cl)cc1-c1cc(C)ncc1C(=O)Nc1nc2cnc(Br)cc2[se]1. The quantitative estimate of drug-likeness (QED) is 0.311. The number of amides is 1. The summed E-state index contributed by atoms with van der Waals surface area (Å²) >= 11 is 9.33. The van der Waals surface area contributed by atoms with Crippen molar-refractivity contribution in [1.29, 1.82) is 0 Å². The predicted molar refractivity (Wildman–Crippen MR) is 116 cm³/mol. The second kappa shape index (κ2) is 8.20. The molecule has 4 aromatic heterocycles. The van der Waals surface area contributed by atoms with Gasteiger partial charge in [0, 0.05) is 0 Å². The number of pyridine rings is 3. The monoisotopic (exact) mass is 537 g/mol. The summed E-state index contributed by atoms with van der Waals surface area (Å²) in [7, 11) is 1.54. The molecule has 0 aliphatic carbocycles. The summed E-state index contributed by atoms with van der Waals surface area (Å²) in [6.45, 7) is 1.85. The van der Waals surface area contributed by atoms with Gasteiger partial charge in [-0.25, -0.2) is 0 Å². The van der Waals surface area contributed by atoms with Crippen LogP contribution in [-0.4, -0.2) is 47.5 Å². The molecular formula is C19H13BrClN5O2Se. The molecule has 4 heterocycles. The summed E-state index contributed by atoms with van der Waals surface area (Å²) in [5.74, 6) is 0.211. The van der Waals surface area contributed by atoms with E-state index < -0.39 is 0 Å². The van der Waals surface area contributed by atoms with Crippen molar-refractivity contribution < 1.29 is 9.53 Å². The third kappa shape index (κ3) is 4.18. The third-order valence-electron chi connectivity index (χ3n) is 4.09. The number of carbonyl (C=O) groups excluding carboxylic acids is 1. The van der Waals surface area contributed by atoms with Crippen molar-refractivity contribution >= 4 is 62.4 Å². The van der Waals surface area contributed by atoms with E-state index in [1.54, 1.807) is 25.6 Å². The molecule has 0 fully saturated rings. The summed E-state index contributed by atoms with van der Waals surface area (Å²) in [5.41, 5.74) is 3.25. The van der Waals surface area contributed by atoms with Gasteiger partial charge in [0.05, 0.1) is 0 Å². The number of nitrogens with zero attached hydrogens (tertiary/aromatic N) is 4. The molecule has 1 amide bonds. The number of anilines is 1. The Morgan fingerprint density at radius 1 is 1.14 bits per heavy atom. The Bertz CT molecular complexity index is 1250. The molecule has 1 N–H and O–H groups in total. The number of hydrogen-bond donors (Lipinski definition) is 1. The minimum atomic E-state index is -0.303. The first-order valence-electron chi connectivity index (χ1n) is 8.34. The topological polar surface area (TPSA) is 89.9 Å². The summed E-state index contributed by atoms with van der Waals surface area (Å²) < 4.78 is 7.82. The van der Waals surface area contributed by atoms with E-state index in [2.05, 4.69) is 41.2 Å². The van der Waals surface area contributed by atoms with Crippen molar-refractivity contribution in [2.24, 2.45) is 0 Å². The van der Waals surface area contributed by atoms with E-state index >= 15 is 0 Å². The Labute approximate surface area is 185 Å². The summed E-state index contributed by atoms with van der Waals surface area (Å²) in [5, 5.41) is 3.21. The number of fused-ring (bicyclic) bond motifs is 1.